The first-order chi connectivity index (χ1) is 13.9. The summed E-state index contributed by atoms with van der Waals surface area (Å²) in [5.74, 6) is 0.596. The number of carbonyl (C=O) groups excluding carboxylic acids is 2. The van der Waals surface area contributed by atoms with Crippen LogP contribution in [0.2, 0.25) is 0 Å². The molecule has 1 aliphatic carbocycles. The molecule has 0 aliphatic heterocycles. The van der Waals surface area contributed by atoms with Gasteiger partial charge in [-0.3, -0.25) is 14.8 Å². The number of aryl methyl sites for hydroxylation is 1. The van der Waals surface area contributed by atoms with E-state index in [-0.39, 0.29) is 12.5 Å². The van der Waals surface area contributed by atoms with Gasteiger partial charge >= 0.3 is 0 Å². The lowest BCUT2D eigenvalue weighted by Gasteiger charge is -2.28. The number of aromatic nitrogens is 1. The van der Waals surface area contributed by atoms with Crippen LogP contribution in [-0.2, 0) is 28.0 Å². The van der Waals surface area contributed by atoms with E-state index in [9.17, 15) is 9.59 Å². The number of hydrogen-bond acceptors (Lipinski definition) is 6. The van der Waals surface area contributed by atoms with Gasteiger partial charge in [-0.15, -0.1) is 0 Å². The van der Waals surface area contributed by atoms with Crippen molar-refractivity contribution in [3.63, 3.8) is 0 Å². The van der Waals surface area contributed by atoms with Crippen LogP contribution >= 0.6 is 0 Å². The standard InChI is InChI=1S/C21H27N3O5/c1-4-5-16-12-18(29-23-16)13-28-17-8-6-15(7-9-17)21(10-11-21)20(26)24(3)14(2)19(25)22-27/h6-9,12,14,27H,4-5,10-11,13H2,1-3H3,(H,22,25)/t14-/m0/s1. The fraction of sp³-hybridized carbons (Fsp3) is 0.476. The van der Waals surface area contributed by atoms with E-state index >= 15 is 0 Å². The smallest absolute Gasteiger partial charge is 0.265 e. The summed E-state index contributed by atoms with van der Waals surface area (Å²) in [6, 6.07) is 8.56. The monoisotopic (exact) mass is 401 g/mol. The fourth-order valence-electron chi connectivity index (χ4n) is 3.36. The minimum absolute atomic E-state index is 0.132. The molecular formula is C21H27N3O5. The van der Waals surface area contributed by atoms with E-state index in [4.69, 9.17) is 14.5 Å². The molecule has 0 unspecified atom stereocenters. The lowest BCUT2D eigenvalue weighted by Crippen LogP contribution is -2.48. The molecule has 8 heteroatoms. The Labute approximate surface area is 169 Å². The van der Waals surface area contributed by atoms with Gasteiger partial charge in [0.05, 0.1) is 11.1 Å². The number of carbonyl (C=O) groups is 2. The first-order valence-electron chi connectivity index (χ1n) is 9.80. The highest BCUT2D eigenvalue weighted by molar-refractivity contribution is 5.94. The van der Waals surface area contributed by atoms with Gasteiger partial charge in [0.1, 0.15) is 18.4 Å². The Bertz CT molecular complexity index is 857. The lowest BCUT2D eigenvalue weighted by molar-refractivity contribution is -0.143. The van der Waals surface area contributed by atoms with Gasteiger partial charge in [0.2, 0.25) is 5.91 Å². The number of nitrogens with one attached hydrogen (secondary N) is 1. The number of rotatable bonds is 9. The molecule has 1 aromatic heterocycles. The van der Waals surface area contributed by atoms with Gasteiger partial charge < -0.3 is 14.2 Å². The summed E-state index contributed by atoms with van der Waals surface area (Å²) in [6.07, 6.45) is 3.33. The van der Waals surface area contributed by atoms with E-state index in [2.05, 4.69) is 12.1 Å². The van der Waals surface area contributed by atoms with Crippen molar-refractivity contribution in [3.05, 3.63) is 47.3 Å². The zero-order valence-corrected chi connectivity index (χ0v) is 17.0. The number of hydrogen-bond donors (Lipinski definition) is 2. The van der Waals surface area contributed by atoms with E-state index in [1.165, 1.54) is 4.90 Å². The molecule has 29 heavy (non-hydrogen) atoms. The van der Waals surface area contributed by atoms with Crippen molar-refractivity contribution < 1.29 is 24.1 Å². The maximum absolute atomic E-state index is 13.0. The summed E-state index contributed by atoms with van der Waals surface area (Å²) >= 11 is 0. The van der Waals surface area contributed by atoms with Gasteiger partial charge in [-0.25, -0.2) is 5.48 Å². The molecule has 0 radical (unpaired) electrons. The van der Waals surface area contributed by atoms with Crippen molar-refractivity contribution in [3.8, 4) is 5.75 Å². The van der Waals surface area contributed by atoms with Crippen LogP contribution in [-0.4, -0.2) is 40.2 Å². The summed E-state index contributed by atoms with van der Waals surface area (Å²) in [7, 11) is 1.57. The Balaban J connectivity index is 1.63. The second kappa shape index (κ2) is 8.65. The van der Waals surface area contributed by atoms with Gasteiger partial charge in [-0.1, -0.05) is 30.6 Å². The third-order valence-corrected chi connectivity index (χ3v) is 5.45. The number of benzene rings is 1. The second-order valence-corrected chi connectivity index (χ2v) is 7.50. The van der Waals surface area contributed by atoms with Crippen molar-refractivity contribution in [1.82, 2.24) is 15.5 Å². The summed E-state index contributed by atoms with van der Waals surface area (Å²) < 4.78 is 11.0. The Hall–Kier alpha value is -2.87. The van der Waals surface area contributed by atoms with Crippen LogP contribution in [0.15, 0.2) is 34.9 Å². The number of nitrogens with zero attached hydrogens (tertiary/aromatic N) is 2. The molecule has 2 amide bonds. The average molecular weight is 401 g/mol. The minimum Gasteiger partial charge on any atom is -0.486 e. The quantitative estimate of drug-likeness (QED) is 0.494. The molecule has 8 nitrogen and oxygen atoms in total. The highest BCUT2D eigenvalue weighted by atomic mass is 16.5. The molecule has 1 aliphatic rings. The van der Waals surface area contributed by atoms with E-state index in [0.29, 0.717) is 11.5 Å². The zero-order valence-electron chi connectivity index (χ0n) is 17.0. The number of amides is 2. The molecule has 1 saturated carbocycles. The van der Waals surface area contributed by atoms with Crippen LogP contribution in [0.25, 0.3) is 0 Å². The molecule has 2 aromatic rings. The van der Waals surface area contributed by atoms with Crippen LogP contribution in [0, 0.1) is 0 Å². The minimum atomic E-state index is -0.757. The lowest BCUT2D eigenvalue weighted by atomic mass is 9.94. The summed E-state index contributed by atoms with van der Waals surface area (Å²) in [6.45, 7) is 3.95. The first kappa shape index (κ1) is 20.9. The fourth-order valence-corrected chi connectivity index (χ4v) is 3.36. The molecule has 1 heterocycles. The topological polar surface area (TPSA) is 105 Å². The maximum atomic E-state index is 13.0. The molecule has 3 rings (SSSR count). The van der Waals surface area contributed by atoms with Crippen LogP contribution in [0.4, 0.5) is 0 Å². The van der Waals surface area contributed by atoms with Gasteiger partial charge in [-0.2, -0.15) is 0 Å². The molecule has 156 valence electrons. The van der Waals surface area contributed by atoms with Crippen LogP contribution < -0.4 is 10.2 Å². The Kier molecular flexibility index (Phi) is 6.22. The van der Waals surface area contributed by atoms with Crippen molar-refractivity contribution in [2.75, 3.05) is 7.05 Å². The van der Waals surface area contributed by atoms with Crippen molar-refractivity contribution in [2.24, 2.45) is 0 Å². The Morgan fingerprint density at radius 2 is 2.03 bits per heavy atom. The molecule has 1 aromatic carbocycles. The zero-order chi connectivity index (χ0) is 21.0. The highest BCUT2D eigenvalue weighted by Gasteiger charge is 2.53. The largest absolute Gasteiger partial charge is 0.486 e. The molecule has 1 atom stereocenters. The van der Waals surface area contributed by atoms with E-state index in [1.807, 2.05) is 30.3 Å². The Morgan fingerprint density at radius 1 is 1.34 bits per heavy atom. The number of hydroxylamine groups is 1. The summed E-state index contributed by atoms with van der Waals surface area (Å²) in [4.78, 5) is 26.0. The third-order valence-electron chi connectivity index (χ3n) is 5.45. The van der Waals surface area contributed by atoms with E-state index < -0.39 is 17.4 Å². The summed E-state index contributed by atoms with van der Waals surface area (Å²) in [5, 5.41) is 12.8. The van der Waals surface area contributed by atoms with E-state index in [1.54, 1.807) is 19.5 Å². The second-order valence-electron chi connectivity index (χ2n) is 7.50. The molecular weight excluding hydrogens is 374 g/mol. The predicted molar refractivity (Wildman–Crippen MR) is 104 cm³/mol. The Morgan fingerprint density at radius 3 is 2.62 bits per heavy atom. The third kappa shape index (κ3) is 4.42. The highest BCUT2D eigenvalue weighted by Crippen LogP contribution is 2.50. The van der Waals surface area contributed by atoms with Crippen molar-refractivity contribution in [2.45, 2.75) is 57.6 Å². The maximum Gasteiger partial charge on any atom is 0.265 e. The van der Waals surface area contributed by atoms with Crippen molar-refractivity contribution >= 4 is 11.8 Å². The van der Waals surface area contributed by atoms with Crippen LogP contribution in [0.1, 0.15) is 50.1 Å². The van der Waals surface area contributed by atoms with Gasteiger partial charge in [0, 0.05) is 13.1 Å². The van der Waals surface area contributed by atoms with Gasteiger partial charge in [0.15, 0.2) is 5.76 Å². The van der Waals surface area contributed by atoms with Gasteiger partial charge in [0.25, 0.3) is 5.91 Å². The van der Waals surface area contributed by atoms with Crippen molar-refractivity contribution in [1.29, 1.82) is 0 Å². The SMILES string of the molecule is CCCc1cc(COc2ccc(C3(C(=O)N(C)[C@@H](C)C(=O)NO)CC3)cc2)on1. The molecule has 0 bridgehead atoms. The predicted octanol–water partition coefficient (Wildman–Crippen LogP) is 2.59. The normalized spacial score (nSPS) is 15.4. The van der Waals surface area contributed by atoms with Gasteiger partial charge in [-0.05, 0) is 43.9 Å². The molecule has 2 N–H and O–H groups in total. The summed E-state index contributed by atoms with van der Waals surface area (Å²) in [5.41, 5.74) is 2.79. The molecule has 0 saturated heterocycles. The van der Waals surface area contributed by atoms with E-state index in [0.717, 1.165) is 36.9 Å². The van der Waals surface area contributed by atoms with Crippen LogP contribution in [0.5, 0.6) is 5.75 Å². The number of ether oxygens (including phenoxy) is 1. The number of likely N-dealkylation sites (N-methyl/N-ethyl adjacent to an activating group) is 1. The van der Waals surface area contributed by atoms with Crippen LogP contribution in [0.3, 0.4) is 0 Å². The molecule has 1 fully saturated rings. The average Bonchev–Trinajstić information content (AvgIpc) is 3.44. The molecule has 0 spiro atoms. The first-order valence-corrected chi connectivity index (χ1v) is 9.80.